The third-order valence-corrected chi connectivity index (χ3v) is 10.4. The number of carbonyl (C=O) groups is 2. The van der Waals surface area contributed by atoms with E-state index in [0.29, 0.717) is 12.8 Å². The van der Waals surface area contributed by atoms with E-state index < -0.39 is 6.10 Å². The quantitative estimate of drug-likeness (QED) is 0.0374. The highest BCUT2D eigenvalue weighted by Gasteiger charge is 2.16. The van der Waals surface area contributed by atoms with Crippen molar-refractivity contribution in [2.75, 3.05) is 13.2 Å². The Morgan fingerprint density at radius 2 is 0.571 bits per heavy atom. The number of allylic oxidation sites excluding steroid dienone is 32. The maximum Gasteiger partial charge on any atom is 0.306 e. The predicted molar refractivity (Wildman–Crippen MR) is 306 cm³/mol. The van der Waals surface area contributed by atoms with Gasteiger partial charge in [-0.3, -0.25) is 9.59 Å². The monoisotopic (exact) mass is 957 g/mol. The Morgan fingerprint density at radius 3 is 0.871 bits per heavy atom. The van der Waals surface area contributed by atoms with E-state index in [4.69, 9.17) is 9.47 Å². The molecule has 0 heterocycles. The molecule has 1 N–H and O–H groups in total. The minimum absolute atomic E-state index is 0.113. The molecular weight excluding hydrogens is 861 g/mol. The Kier molecular flexibility index (Phi) is 53.7. The Bertz CT molecular complexity index is 1700. The Morgan fingerprint density at radius 1 is 0.329 bits per heavy atom. The molecule has 0 amide bonds. The smallest absolute Gasteiger partial charge is 0.306 e. The van der Waals surface area contributed by atoms with Crippen molar-refractivity contribution in [3.63, 3.8) is 0 Å². The van der Waals surface area contributed by atoms with Gasteiger partial charge in [0.1, 0.15) is 6.61 Å². The molecule has 1 unspecified atom stereocenters. The van der Waals surface area contributed by atoms with Crippen LogP contribution >= 0.6 is 0 Å². The van der Waals surface area contributed by atoms with E-state index in [0.717, 1.165) is 148 Å². The normalized spacial score (nSPS) is 13.8. The van der Waals surface area contributed by atoms with Crippen LogP contribution in [0, 0.1) is 0 Å². The lowest BCUT2D eigenvalue weighted by molar-refractivity contribution is -0.161. The van der Waals surface area contributed by atoms with E-state index in [9.17, 15) is 14.7 Å². The number of carbonyl (C=O) groups excluding carboxylic acids is 2. The largest absolute Gasteiger partial charge is 0.462 e. The molecule has 0 saturated heterocycles. The Labute approximate surface area is 428 Å². The topological polar surface area (TPSA) is 72.8 Å². The molecule has 0 spiro atoms. The molecule has 0 saturated carbocycles. The number of aliphatic hydroxyl groups is 1. The molecule has 5 nitrogen and oxygen atoms in total. The second kappa shape index (κ2) is 58.1. The summed E-state index contributed by atoms with van der Waals surface area (Å²) in [4.78, 5) is 24.5. The molecule has 0 fully saturated rings. The van der Waals surface area contributed by atoms with Crippen molar-refractivity contribution in [3.8, 4) is 0 Å². The van der Waals surface area contributed by atoms with Crippen LogP contribution in [0.15, 0.2) is 194 Å². The second-order valence-electron chi connectivity index (χ2n) is 16.8. The summed E-state index contributed by atoms with van der Waals surface area (Å²) in [5.41, 5.74) is 0. The van der Waals surface area contributed by atoms with Crippen molar-refractivity contribution in [2.24, 2.45) is 0 Å². The summed E-state index contributed by atoms with van der Waals surface area (Å²) >= 11 is 0. The highest BCUT2D eigenvalue weighted by Crippen LogP contribution is 2.09. The minimum atomic E-state index is -0.824. The van der Waals surface area contributed by atoms with Crippen LogP contribution in [-0.2, 0) is 19.1 Å². The number of esters is 2. The summed E-state index contributed by atoms with van der Waals surface area (Å²) < 4.78 is 10.6. The summed E-state index contributed by atoms with van der Waals surface area (Å²) in [6.45, 7) is 3.83. The molecule has 0 aliphatic heterocycles. The summed E-state index contributed by atoms with van der Waals surface area (Å²) in [5, 5.41) is 9.63. The first kappa shape index (κ1) is 64.7. The molecule has 0 radical (unpaired) electrons. The van der Waals surface area contributed by atoms with Gasteiger partial charge in [-0.25, -0.2) is 0 Å². The Hall–Kier alpha value is -5.26. The summed E-state index contributed by atoms with van der Waals surface area (Å²) in [7, 11) is 0. The molecule has 0 aromatic carbocycles. The molecule has 5 heteroatoms. The Balaban J connectivity index is 3.76. The van der Waals surface area contributed by atoms with Gasteiger partial charge in [0.05, 0.1) is 6.61 Å². The first-order chi connectivity index (χ1) is 34.6. The van der Waals surface area contributed by atoms with Gasteiger partial charge in [-0.2, -0.15) is 0 Å². The number of rotatable bonds is 46. The summed E-state index contributed by atoms with van der Waals surface area (Å²) in [6.07, 6.45) is 93.8. The first-order valence-electron chi connectivity index (χ1n) is 27.0. The average molecular weight is 957 g/mol. The van der Waals surface area contributed by atoms with Crippen LogP contribution < -0.4 is 0 Å². The van der Waals surface area contributed by atoms with Crippen LogP contribution in [0.5, 0.6) is 0 Å². The molecule has 0 aliphatic rings. The summed E-state index contributed by atoms with van der Waals surface area (Å²) in [5.74, 6) is -0.691. The molecular formula is C65H96O5. The minimum Gasteiger partial charge on any atom is -0.462 e. The van der Waals surface area contributed by atoms with Crippen LogP contribution in [-0.4, -0.2) is 36.4 Å². The van der Waals surface area contributed by atoms with Crippen LogP contribution in [0.25, 0.3) is 0 Å². The summed E-state index contributed by atoms with van der Waals surface area (Å²) in [6, 6.07) is 0. The van der Waals surface area contributed by atoms with Crippen LogP contribution in [0.1, 0.15) is 181 Å². The van der Waals surface area contributed by atoms with Crippen molar-refractivity contribution >= 4 is 11.9 Å². The lowest BCUT2D eigenvalue weighted by Crippen LogP contribution is -2.28. The third-order valence-electron chi connectivity index (χ3n) is 10.4. The molecule has 0 aromatic heterocycles. The van der Waals surface area contributed by atoms with Crippen LogP contribution in [0.4, 0.5) is 0 Å². The van der Waals surface area contributed by atoms with Gasteiger partial charge >= 0.3 is 11.9 Å². The van der Waals surface area contributed by atoms with Gasteiger partial charge in [0, 0.05) is 12.8 Å². The molecule has 0 rings (SSSR count). The fourth-order valence-corrected chi connectivity index (χ4v) is 6.41. The van der Waals surface area contributed by atoms with E-state index in [1.165, 1.54) is 0 Å². The van der Waals surface area contributed by atoms with Crippen molar-refractivity contribution < 1.29 is 24.2 Å². The van der Waals surface area contributed by atoms with Crippen molar-refractivity contribution in [3.05, 3.63) is 194 Å². The molecule has 1 atom stereocenters. The number of aliphatic hydroxyl groups excluding tert-OH is 1. The number of hydrogen-bond acceptors (Lipinski definition) is 5. The van der Waals surface area contributed by atoms with Crippen LogP contribution in [0.3, 0.4) is 0 Å². The lowest BCUT2D eigenvalue weighted by Gasteiger charge is -2.15. The molecule has 70 heavy (non-hydrogen) atoms. The van der Waals surface area contributed by atoms with Gasteiger partial charge in [0.2, 0.25) is 0 Å². The van der Waals surface area contributed by atoms with Crippen molar-refractivity contribution in [1.29, 1.82) is 0 Å². The maximum atomic E-state index is 12.3. The van der Waals surface area contributed by atoms with E-state index in [1.807, 2.05) is 0 Å². The zero-order valence-electron chi connectivity index (χ0n) is 43.9. The van der Waals surface area contributed by atoms with E-state index in [1.54, 1.807) is 0 Å². The molecule has 0 bridgehead atoms. The second-order valence-corrected chi connectivity index (χ2v) is 16.8. The van der Waals surface area contributed by atoms with Crippen molar-refractivity contribution in [2.45, 2.75) is 187 Å². The fourth-order valence-electron chi connectivity index (χ4n) is 6.41. The fraction of sp³-hybridized carbons (Fsp3) is 0.477. The average Bonchev–Trinajstić information content (AvgIpc) is 3.36. The van der Waals surface area contributed by atoms with Gasteiger partial charge in [0.25, 0.3) is 0 Å². The predicted octanol–water partition coefficient (Wildman–Crippen LogP) is 18.5. The number of hydrogen-bond donors (Lipinski definition) is 1. The van der Waals surface area contributed by atoms with Gasteiger partial charge in [-0.05, 0) is 141 Å². The molecule has 386 valence electrons. The van der Waals surface area contributed by atoms with Gasteiger partial charge in [-0.15, -0.1) is 0 Å². The number of ether oxygens (including phenoxy) is 2. The van der Waals surface area contributed by atoms with Crippen LogP contribution in [0.2, 0.25) is 0 Å². The van der Waals surface area contributed by atoms with E-state index in [2.05, 4.69) is 208 Å². The first-order valence-corrected chi connectivity index (χ1v) is 27.0. The molecule has 0 aromatic rings. The maximum absolute atomic E-state index is 12.3. The third kappa shape index (κ3) is 55.3. The van der Waals surface area contributed by atoms with Gasteiger partial charge in [-0.1, -0.05) is 221 Å². The zero-order chi connectivity index (χ0) is 50.6. The lowest BCUT2D eigenvalue weighted by atomic mass is 10.1. The SMILES string of the molecule is CC/C=C\C/C=C\C/C=C\C/C=C\C/C=C\C/C=C\C/C=C\C/C=C\C/C=C\C/C=C\CCCCC(=O)OC(CO)COC(=O)CCCCCC/C=C\C/C=C\C/C=C\C/C=C\C/C=C\C/C=C\CC. The van der Waals surface area contributed by atoms with Gasteiger partial charge < -0.3 is 14.6 Å². The molecule has 0 aliphatic carbocycles. The van der Waals surface area contributed by atoms with E-state index in [-0.39, 0.29) is 31.6 Å². The van der Waals surface area contributed by atoms with Crippen molar-refractivity contribution in [1.82, 2.24) is 0 Å². The standard InChI is InChI=1S/C65H96O5/c1-3-5-7-9-11-13-15-17-19-21-23-25-27-28-29-30-31-32-33-34-35-36-38-40-42-44-46-48-50-52-54-56-58-60-65(68)70-63(61-66)62-69-64(67)59-57-55-53-51-49-47-45-43-41-39-37-26-24-22-20-18-16-14-12-10-8-6-4-2/h5-8,11-14,17-20,23-26,28-29,31-32,34-35,38-41,44-47,50,52,63,66H,3-4,9-10,15-16,21-22,27,30,33,36-37,42-43,48-49,51,53-62H2,1-2H3/b7-5-,8-6-,13-11-,14-12-,19-17-,20-18-,25-23-,26-24-,29-28-,32-31-,35-34-,40-38-,41-39-,46-44-,47-45-,52-50-. The zero-order valence-corrected chi connectivity index (χ0v) is 43.9. The van der Waals surface area contributed by atoms with Gasteiger partial charge in [0.15, 0.2) is 6.10 Å². The highest BCUT2D eigenvalue weighted by atomic mass is 16.6. The highest BCUT2D eigenvalue weighted by molar-refractivity contribution is 5.70. The van der Waals surface area contributed by atoms with E-state index >= 15 is 0 Å². The number of unbranched alkanes of at least 4 members (excludes halogenated alkanes) is 6.